The van der Waals surface area contributed by atoms with Gasteiger partial charge in [-0.05, 0) is 43.5 Å². The van der Waals surface area contributed by atoms with Gasteiger partial charge in [0.2, 0.25) is 11.8 Å². The fourth-order valence-corrected chi connectivity index (χ4v) is 3.08. The lowest BCUT2D eigenvalue weighted by Gasteiger charge is -2.28. The molecule has 0 fully saturated rings. The summed E-state index contributed by atoms with van der Waals surface area (Å²) in [5.41, 5.74) is 0.877. The van der Waals surface area contributed by atoms with Crippen LogP contribution in [0, 0.1) is 5.41 Å². The Kier molecular flexibility index (Phi) is 7.65. The van der Waals surface area contributed by atoms with Gasteiger partial charge in [0, 0.05) is 20.1 Å². The van der Waals surface area contributed by atoms with Gasteiger partial charge in [-0.25, -0.2) is 0 Å². The van der Waals surface area contributed by atoms with Crippen molar-refractivity contribution in [3.8, 4) is 11.5 Å². The van der Waals surface area contributed by atoms with Crippen LogP contribution in [0.4, 0.5) is 0 Å². The van der Waals surface area contributed by atoms with E-state index in [4.69, 9.17) is 9.47 Å². The quantitative estimate of drug-likeness (QED) is 0.660. The molecule has 6 heteroatoms. The molecule has 0 aliphatic carbocycles. The summed E-state index contributed by atoms with van der Waals surface area (Å²) in [6, 6.07) is 15.4. The summed E-state index contributed by atoms with van der Waals surface area (Å²) < 4.78 is 10.5. The topological polar surface area (TPSA) is 67.9 Å². The van der Waals surface area contributed by atoms with E-state index in [0.717, 1.165) is 11.1 Å². The second-order valence-corrected chi connectivity index (χ2v) is 7.47. The summed E-state index contributed by atoms with van der Waals surface area (Å²) in [6.07, 6.45) is 0.621. The Bertz CT molecular complexity index is 834. The second-order valence-electron chi connectivity index (χ2n) is 7.47. The van der Waals surface area contributed by atoms with Crippen molar-refractivity contribution in [2.75, 3.05) is 27.8 Å². The van der Waals surface area contributed by atoms with Gasteiger partial charge >= 0.3 is 0 Å². The van der Waals surface area contributed by atoms with Crippen molar-refractivity contribution in [1.29, 1.82) is 0 Å². The molecule has 1 N–H and O–H groups in total. The van der Waals surface area contributed by atoms with Gasteiger partial charge in [0.05, 0.1) is 14.2 Å². The first-order chi connectivity index (χ1) is 13.8. The van der Waals surface area contributed by atoms with Gasteiger partial charge in [-0.2, -0.15) is 0 Å². The molecule has 156 valence electrons. The number of rotatable bonds is 9. The molecule has 0 aromatic heterocycles. The van der Waals surface area contributed by atoms with E-state index < -0.39 is 5.41 Å². The van der Waals surface area contributed by atoms with Crippen LogP contribution in [0.5, 0.6) is 11.5 Å². The van der Waals surface area contributed by atoms with Crippen molar-refractivity contribution < 1.29 is 19.1 Å². The predicted octanol–water partition coefficient (Wildman–Crippen LogP) is 3.05. The van der Waals surface area contributed by atoms with Crippen molar-refractivity contribution >= 4 is 11.8 Å². The number of ether oxygens (including phenoxy) is 2. The minimum Gasteiger partial charge on any atom is -0.493 e. The van der Waals surface area contributed by atoms with Crippen molar-refractivity contribution in [2.45, 2.75) is 26.8 Å². The molecule has 0 aliphatic heterocycles. The first-order valence-corrected chi connectivity index (χ1v) is 9.58. The van der Waals surface area contributed by atoms with E-state index in [9.17, 15) is 9.59 Å². The zero-order valence-electron chi connectivity index (χ0n) is 17.8. The van der Waals surface area contributed by atoms with Crippen LogP contribution in [0.1, 0.15) is 25.0 Å². The molecule has 2 rings (SSSR count). The molecular weight excluding hydrogens is 368 g/mol. The molecule has 2 aromatic carbocycles. The van der Waals surface area contributed by atoms with Crippen molar-refractivity contribution in [1.82, 2.24) is 10.2 Å². The van der Waals surface area contributed by atoms with Crippen molar-refractivity contribution in [3.05, 3.63) is 59.7 Å². The van der Waals surface area contributed by atoms with Crippen LogP contribution in [-0.4, -0.2) is 44.5 Å². The van der Waals surface area contributed by atoms with E-state index in [-0.39, 0.29) is 11.8 Å². The van der Waals surface area contributed by atoms with Crippen LogP contribution in [0.3, 0.4) is 0 Å². The van der Waals surface area contributed by atoms with Crippen LogP contribution in [0.15, 0.2) is 48.5 Å². The third-order valence-corrected chi connectivity index (χ3v) is 4.86. The maximum atomic E-state index is 12.8. The normalized spacial score (nSPS) is 10.9. The number of carbonyl (C=O) groups excluding carboxylic acids is 2. The first kappa shape index (κ1) is 22.3. The van der Waals surface area contributed by atoms with Crippen LogP contribution < -0.4 is 14.8 Å². The van der Waals surface area contributed by atoms with Crippen molar-refractivity contribution in [2.24, 2.45) is 5.41 Å². The predicted molar refractivity (Wildman–Crippen MR) is 113 cm³/mol. The largest absolute Gasteiger partial charge is 0.493 e. The molecule has 0 bridgehead atoms. The minimum absolute atomic E-state index is 0.218. The Morgan fingerprint density at radius 3 is 2.24 bits per heavy atom. The van der Waals surface area contributed by atoms with E-state index >= 15 is 0 Å². The van der Waals surface area contributed by atoms with E-state index in [1.165, 1.54) is 0 Å². The molecule has 2 amide bonds. The lowest BCUT2D eigenvalue weighted by Crippen LogP contribution is -2.48. The van der Waals surface area contributed by atoms with E-state index in [1.807, 2.05) is 48.5 Å². The molecule has 0 saturated carbocycles. The molecule has 0 saturated heterocycles. The minimum atomic E-state index is -1.15. The number of hydrogen-bond donors (Lipinski definition) is 1. The molecule has 0 heterocycles. The average Bonchev–Trinajstić information content (AvgIpc) is 2.73. The number of hydrogen-bond acceptors (Lipinski definition) is 4. The van der Waals surface area contributed by atoms with E-state index in [1.54, 1.807) is 40.0 Å². The highest BCUT2D eigenvalue weighted by Gasteiger charge is 2.37. The highest BCUT2D eigenvalue weighted by atomic mass is 16.5. The van der Waals surface area contributed by atoms with Gasteiger partial charge < -0.3 is 19.7 Å². The molecule has 29 heavy (non-hydrogen) atoms. The summed E-state index contributed by atoms with van der Waals surface area (Å²) in [4.78, 5) is 27.1. The van der Waals surface area contributed by atoms with Crippen molar-refractivity contribution in [3.63, 3.8) is 0 Å². The summed E-state index contributed by atoms with van der Waals surface area (Å²) in [6.45, 7) is 4.20. The number of carbonyl (C=O) groups is 2. The molecule has 0 aliphatic rings. The fraction of sp³-hybridized carbons (Fsp3) is 0.391. The van der Waals surface area contributed by atoms with Crippen LogP contribution in [0.2, 0.25) is 0 Å². The molecule has 0 unspecified atom stereocenters. The first-order valence-electron chi connectivity index (χ1n) is 9.58. The van der Waals surface area contributed by atoms with Gasteiger partial charge in [0.15, 0.2) is 11.5 Å². The Balaban J connectivity index is 1.92. The van der Waals surface area contributed by atoms with Gasteiger partial charge in [-0.1, -0.05) is 36.4 Å². The molecule has 2 aromatic rings. The Hall–Kier alpha value is -3.02. The standard InChI is InChI=1S/C23H30N2O4/c1-23(2,22(27)25(3)16-18-9-7-6-8-10-18)21(26)24-14-13-17-11-12-19(28-4)20(15-17)29-5/h6-12,15H,13-14,16H2,1-5H3,(H,24,26). The Labute approximate surface area is 172 Å². The maximum Gasteiger partial charge on any atom is 0.237 e. The van der Waals surface area contributed by atoms with Gasteiger partial charge in [-0.3, -0.25) is 9.59 Å². The second kappa shape index (κ2) is 9.96. The average molecular weight is 399 g/mol. The summed E-state index contributed by atoms with van der Waals surface area (Å²) in [5, 5.41) is 2.88. The molecule has 6 nitrogen and oxygen atoms in total. The van der Waals surface area contributed by atoms with E-state index in [0.29, 0.717) is 31.0 Å². The van der Waals surface area contributed by atoms with Crippen LogP contribution in [-0.2, 0) is 22.6 Å². The SMILES string of the molecule is COc1ccc(CCNC(=O)C(C)(C)C(=O)N(C)Cc2ccccc2)cc1OC. The molecule has 0 atom stereocenters. The van der Waals surface area contributed by atoms with Gasteiger partial charge in [0.25, 0.3) is 0 Å². The highest BCUT2D eigenvalue weighted by molar-refractivity contribution is 6.04. The Morgan fingerprint density at radius 2 is 1.62 bits per heavy atom. The molecular formula is C23H30N2O4. The third kappa shape index (κ3) is 5.73. The number of nitrogens with zero attached hydrogens (tertiary/aromatic N) is 1. The highest BCUT2D eigenvalue weighted by Crippen LogP contribution is 2.27. The zero-order chi connectivity index (χ0) is 21.4. The molecule has 0 spiro atoms. The fourth-order valence-electron chi connectivity index (χ4n) is 3.08. The number of nitrogens with one attached hydrogen (secondary N) is 1. The van der Waals surface area contributed by atoms with Gasteiger partial charge in [0.1, 0.15) is 5.41 Å². The monoisotopic (exact) mass is 398 g/mol. The summed E-state index contributed by atoms with van der Waals surface area (Å²) >= 11 is 0. The lowest BCUT2D eigenvalue weighted by atomic mass is 9.90. The summed E-state index contributed by atoms with van der Waals surface area (Å²) in [7, 11) is 4.89. The number of benzene rings is 2. The zero-order valence-corrected chi connectivity index (χ0v) is 17.8. The maximum absolute atomic E-state index is 12.8. The smallest absolute Gasteiger partial charge is 0.237 e. The van der Waals surface area contributed by atoms with Crippen LogP contribution in [0.25, 0.3) is 0 Å². The van der Waals surface area contributed by atoms with E-state index in [2.05, 4.69) is 5.32 Å². The molecule has 0 radical (unpaired) electrons. The number of methoxy groups -OCH3 is 2. The Morgan fingerprint density at radius 1 is 0.966 bits per heavy atom. The number of amides is 2. The third-order valence-electron chi connectivity index (χ3n) is 4.86. The lowest BCUT2D eigenvalue weighted by molar-refractivity contribution is -0.148. The van der Waals surface area contributed by atoms with Crippen LogP contribution >= 0.6 is 0 Å². The van der Waals surface area contributed by atoms with Gasteiger partial charge in [-0.15, -0.1) is 0 Å². The summed E-state index contributed by atoms with van der Waals surface area (Å²) in [5.74, 6) is 0.802.